The molecule has 1 aromatic carbocycles. The van der Waals surface area contributed by atoms with Crippen LogP contribution in [0.25, 0.3) is 6.08 Å². The van der Waals surface area contributed by atoms with Crippen LogP contribution in [0.2, 0.25) is 0 Å². The smallest absolute Gasteiger partial charge is 0.162 e. The summed E-state index contributed by atoms with van der Waals surface area (Å²) in [4.78, 5) is 5.09. The lowest BCUT2D eigenvalue weighted by molar-refractivity contribution is 0.239. The number of benzene rings is 1. The van der Waals surface area contributed by atoms with Crippen molar-refractivity contribution >= 4 is 17.9 Å². The van der Waals surface area contributed by atoms with Crippen LogP contribution < -0.4 is 10.3 Å². The zero-order valence-electron chi connectivity index (χ0n) is 6.20. The summed E-state index contributed by atoms with van der Waals surface area (Å²) in [6.07, 6.45) is 3.74. The zero-order valence-corrected chi connectivity index (χ0v) is 6.95. The third-order valence-corrected chi connectivity index (χ3v) is 1.42. The van der Waals surface area contributed by atoms with E-state index in [0.717, 1.165) is 11.3 Å². The van der Waals surface area contributed by atoms with Gasteiger partial charge in [0, 0.05) is 11.8 Å². The van der Waals surface area contributed by atoms with Crippen LogP contribution in [0.4, 0.5) is 0 Å². The number of para-hydroxylation sites is 1. The minimum absolute atomic E-state index is 0.880. The van der Waals surface area contributed by atoms with E-state index < -0.39 is 0 Å². The minimum atomic E-state index is 0.880. The number of halogens is 1. The molecule has 0 aromatic heterocycles. The highest BCUT2D eigenvalue weighted by Gasteiger charge is 2.01. The molecule has 0 saturated heterocycles. The van der Waals surface area contributed by atoms with Crippen LogP contribution in [-0.2, 0) is 0 Å². The van der Waals surface area contributed by atoms with Gasteiger partial charge in [0.05, 0.1) is 11.9 Å². The fourth-order valence-corrected chi connectivity index (χ4v) is 0.932. The van der Waals surface area contributed by atoms with E-state index in [0.29, 0.717) is 0 Å². The summed E-state index contributed by atoms with van der Waals surface area (Å²) in [5, 5.41) is 0. The van der Waals surface area contributed by atoms with Crippen LogP contribution in [0.5, 0.6) is 5.75 Å². The average molecular weight is 186 g/mol. The zero-order chi connectivity index (χ0) is 8.81. The molecule has 0 saturated carbocycles. The first-order chi connectivity index (χ1) is 5.97. The van der Waals surface area contributed by atoms with E-state index in [4.69, 9.17) is 9.50 Å². The van der Waals surface area contributed by atoms with Gasteiger partial charge < -0.3 is 4.84 Å². The number of hydroxylamine groups is 1. The van der Waals surface area contributed by atoms with Crippen molar-refractivity contribution in [1.82, 2.24) is 5.48 Å². The largest absolute Gasteiger partial charge is 0.382 e. The molecule has 0 aliphatic carbocycles. The molecule has 0 radical (unpaired) electrons. The van der Waals surface area contributed by atoms with Gasteiger partial charge in [0.1, 0.15) is 0 Å². The summed E-state index contributed by atoms with van der Waals surface area (Å²) in [6, 6.07) is 7.86. The molecule has 0 spiro atoms. The Morgan fingerprint density at radius 2 is 2.00 bits per heavy atom. The van der Waals surface area contributed by atoms with Gasteiger partial charge >= 0.3 is 0 Å². The topological polar surface area (TPSA) is 41.5 Å². The summed E-state index contributed by atoms with van der Waals surface area (Å²) >= 11 is 3.64. The normalized spacial score (nSPS) is 11.5. The fraction of sp³-hybridized carbons (Fsp3) is 0. The molecule has 12 heavy (non-hydrogen) atoms. The number of nitrogens with one attached hydrogen (secondary N) is 1. The van der Waals surface area contributed by atoms with Gasteiger partial charge in [-0.1, -0.05) is 18.2 Å². The Hall–Kier alpha value is -1.19. The van der Waals surface area contributed by atoms with Gasteiger partial charge in [0.15, 0.2) is 5.75 Å². The first-order valence-electron chi connectivity index (χ1n) is 3.32. The van der Waals surface area contributed by atoms with Crippen molar-refractivity contribution < 1.29 is 9.50 Å². The second-order valence-corrected chi connectivity index (χ2v) is 2.09. The molecule has 1 aliphatic rings. The maximum Gasteiger partial charge on any atom is 0.162 e. The monoisotopic (exact) mass is 185 g/mol. The van der Waals surface area contributed by atoms with Crippen molar-refractivity contribution in [2.45, 2.75) is 0 Å². The van der Waals surface area contributed by atoms with Crippen LogP contribution in [-0.4, -0.2) is 4.66 Å². The summed E-state index contributed by atoms with van der Waals surface area (Å²) in [5.74, 6) is 0.880. The molecule has 0 atom stereocenters. The third-order valence-electron chi connectivity index (χ3n) is 1.42. The van der Waals surface area contributed by atoms with Gasteiger partial charge in [-0.2, -0.15) is 0 Å². The molecule has 3 nitrogen and oxygen atoms in total. The lowest BCUT2D eigenvalue weighted by Crippen LogP contribution is -2.13. The summed E-state index contributed by atoms with van der Waals surface area (Å²) in [6.45, 7) is 0. The first-order valence-corrected chi connectivity index (χ1v) is 3.65. The molecule has 2 rings (SSSR count). The highest BCUT2D eigenvalue weighted by Crippen LogP contribution is 2.20. The van der Waals surface area contributed by atoms with Gasteiger partial charge in [-0.25, -0.2) is 5.48 Å². The van der Waals surface area contributed by atoms with Crippen molar-refractivity contribution in [2.24, 2.45) is 0 Å². The fourth-order valence-electron chi connectivity index (χ4n) is 0.932. The molecule has 64 valence electrons. The van der Waals surface area contributed by atoms with Crippen LogP contribution in [0, 0.1) is 0 Å². The molecule has 0 fully saturated rings. The lowest BCUT2D eigenvalue weighted by atomic mass is 10.2. The van der Waals surface area contributed by atoms with Crippen molar-refractivity contribution in [2.75, 3.05) is 0 Å². The molecular weight excluding hydrogens is 178 g/mol. The maximum atomic E-state index is 6.47. The first kappa shape index (κ1) is 8.90. The third kappa shape index (κ3) is 1.90. The Morgan fingerprint density at radius 3 is 2.75 bits per heavy atom. The number of fused-ring (bicyclic) bond motifs is 1. The van der Waals surface area contributed by atoms with Gasteiger partial charge in [0.25, 0.3) is 0 Å². The van der Waals surface area contributed by atoms with E-state index in [9.17, 15) is 0 Å². The van der Waals surface area contributed by atoms with Crippen molar-refractivity contribution in [3.05, 3.63) is 36.0 Å². The highest BCUT2D eigenvalue weighted by atomic mass is 35.5. The molecule has 1 heterocycles. The quantitative estimate of drug-likeness (QED) is 0.646. The minimum Gasteiger partial charge on any atom is -0.382 e. The Kier molecular flexibility index (Phi) is 3.44. The van der Waals surface area contributed by atoms with Crippen molar-refractivity contribution in [3.8, 4) is 5.75 Å². The Balaban J connectivity index is 0.000000336. The SMILES string of the molecule is C1=Cc2ccccc2ON1.OCl. The van der Waals surface area contributed by atoms with Crippen LogP contribution >= 0.6 is 11.9 Å². The predicted molar refractivity (Wildman–Crippen MR) is 47.3 cm³/mol. The summed E-state index contributed by atoms with van der Waals surface area (Å²) in [7, 11) is 0. The average Bonchev–Trinajstić information content (AvgIpc) is 2.21. The predicted octanol–water partition coefficient (Wildman–Crippen LogP) is 1.69. The Bertz CT molecular complexity index is 276. The van der Waals surface area contributed by atoms with E-state index in [1.54, 1.807) is 6.20 Å². The van der Waals surface area contributed by atoms with Gasteiger partial charge in [-0.15, -0.1) is 0 Å². The number of hydrogen-bond acceptors (Lipinski definition) is 3. The van der Waals surface area contributed by atoms with Gasteiger partial charge in [-0.05, 0) is 12.1 Å². The van der Waals surface area contributed by atoms with Gasteiger partial charge in [-0.3, -0.25) is 4.66 Å². The lowest BCUT2D eigenvalue weighted by Gasteiger charge is -2.11. The molecule has 0 amide bonds. The molecule has 1 aliphatic heterocycles. The maximum absolute atomic E-state index is 6.47. The second-order valence-electron chi connectivity index (χ2n) is 2.09. The Labute approximate surface area is 75.4 Å². The van der Waals surface area contributed by atoms with E-state index in [-0.39, 0.29) is 0 Å². The van der Waals surface area contributed by atoms with E-state index >= 15 is 0 Å². The van der Waals surface area contributed by atoms with E-state index in [2.05, 4.69) is 17.3 Å². The van der Waals surface area contributed by atoms with Crippen molar-refractivity contribution in [1.29, 1.82) is 0 Å². The van der Waals surface area contributed by atoms with E-state index in [1.807, 2.05) is 30.3 Å². The summed E-state index contributed by atoms with van der Waals surface area (Å²) in [5.41, 5.74) is 3.77. The molecule has 1 aromatic rings. The molecule has 4 heteroatoms. The van der Waals surface area contributed by atoms with Crippen molar-refractivity contribution in [3.63, 3.8) is 0 Å². The number of rotatable bonds is 0. The van der Waals surface area contributed by atoms with Crippen LogP contribution in [0.1, 0.15) is 5.56 Å². The molecule has 0 unspecified atom stereocenters. The van der Waals surface area contributed by atoms with Crippen LogP contribution in [0.15, 0.2) is 30.5 Å². The molecule has 0 bridgehead atoms. The standard InChI is InChI=1S/C8H7NO.ClHO/c1-2-4-8-7(3-1)5-6-9-10-8;1-2/h1-6,9H;2H. The molecular formula is C8H8ClNO2. The van der Waals surface area contributed by atoms with Crippen LogP contribution in [0.3, 0.4) is 0 Å². The number of hydrogen-bond donors (Lipinski definition) is 2. The Morgan fingerprint density at radius 1 is 1.25 bits per heavy atom. The highest BCUT2D eigenvalue weighted by molar-refractivity contribution is 6.04. The molecule has 2 N–H and O–H groups in total. The van der Waals surface area contributed by atoms with E-state index in [1.165, 1.54) is 0 Å². The summed E-state index contributed by atoms with van der Waals surface area (Å²) < 4.78 is 6.47. The van der Waals surface area contributed by atoms with Gasteiger partial charge in [0.2, 0.25) is 0 Å². The second kappa shape index (κ2) is 4.64.